The maximum atomic E-state index is 5.86. The Kier molecular flexibility index (Phi) is 2.83. The SMILES string of the molecule is CCc1ccn(-c2ccc(Cl)cc2)c1C. The average Bonchev–Trinajstić information content (AvgIpc) is 2.61. The summed E-state index contributed by atoms with van der Waals surface area (Å²) in [5, 5.41) is 0.777. The van der Waals surface area contributed by atoms with Gasteiger partial charge in [0.05, 0.1) is 0 Å². The minimum atomic E-state index is 0.777. The number of halogens is 1. The molecule has 0 aliphatic carbocycles. The Hall–Kier alpha value is -1.21. The molecule has 0 aliphatic rings. The first kappa shape index (κ1) is 10.3. The lowest BCUT2D eigenvalue weighted by Gasteiger charge is -2.07. The van der Waals surface area contributed by atoms with E-state index in [-0.39, 0.29) is 0 Å². The van der Waals surface area contributed by atoms with Crippen LogP contribution < -0.4 is 0 Å². The van der Waals surface area contributed by atoms with Gasteiger partial charge in [-0.2, -0.15) is 0 Å². The lowest BCUT2D eigenvalue weighted by molar-refractivity contribution is 0.985. The van der Waals surface area contributed by atoms with Gasteiger partial charge in [0.25, 0.3) is 0 Å². The van der Waals surface area contributed by atoms with Gasteiger partial charge in [0.2, 0.25) is 0 Å². The van der Waals surface area contributed by atoms with Crippen molar-refractivity contribution in [1.29, 1.82) is 0 Å². The molecule has 0 atom stereocenters. The van der Waals surface area contributed by atoms with E-state index < -0.39 is 0 Å². The highest BCUT2D eigenvalue weighted by molar-refractivity contribution is 6.30. The van der Waals surface area contributed by atoms with E-state index in [1.165, 1.54) is 11.3 Å². The van der Waals surface area contributed by atoms with Crippen LogP contribution in [-0.4, -0.2) is 4.57 Å². The number of nitrogens with zero attached hydrogens (tertiary/aromatic N) is 1. The molecule has 1 aromatic heterocycles. The third-order valence-corrected chi connectivity index (χ3v) is 2.99. The maximum absolute atomic E-state index is 5.86. The van der Waals surface area contributed by atoms with Crippen molar-refractivity contribution < 1.29 is 0 Å². The topological polar surface area (TPSA) is 4.93 Å². The minimum absolute atomic E-state index is 0.777. The Labute approximate surface area is 95.3 Å². The summed E-state index contributed by atoms with van der Waals surface area (Å²) in [6.07, 6.45) is 3.18. The predicted molar refractivity (Wildman–Crippen MR) is 64.9 cm³/mol. The minimum Gasteiger partial charge on any atom is -0.321 e. The summed E-state index contributed by atoms with van der Waals surface area (Å²) in [6, 6.07) is 10.1. The third kappa shape index (κ3) is 1.93. The van der Waals surface area contributed by atoms with E-state index in [9.17, 15) is 0 Å². The van der Waals surface area contributed by atoms with Gasteiger partial charge in [-0.3, -0.25) is 0 Å². The molecule has 15 heavy (non-hydrogen) atoms. The molecule has 0 aliphatic heterocycles. The van der Waals surface area contributed by atoms with Crippen LogP contribution >= 0.6 is 11.6 Å². The summed E-state index contributed by atoms with van der Waals surface area (Å²) < 4.78 is 2.19. The van der Waals surface area contributed by atoms with Crippen molar-refractivity contribution in [3.63, 3.8) is 0 Å². The molecule has 2 aromatic rings. The summed E-state index contributed by atoms with van der Waals surface area (Å²) in [5.41, 5.74) is 3.86. The molecule has 1 aromatic carbocycles. The molecule has 2 rings (SSSR count). The van der Waals surface area contributed by atoms with E-state index in [1.54, 1.807) is 0 Å². The second-order valence-electron chi connectivity index (χ2n) is 3.63. The Morgan fingerprint density at radius 3 is 2.33 bits per heavy atom. The summed E-state index contributed by atoms with van der Waals surface area (Å²) in [7, 11) is 0. The van der Waals surface area contributed by atoms with Gasteiger partial charge < -0.3 is 4.57 Å². The molecule has 0 N–H and O–H groups in total. The molecule has 0 saturated carbocycles. The number of aromatic nitrogens is 1. The Balaban J connectivity index is 2.45. The zero-order valence-corrected chi connectivity index (χ0v) is 9.75. The normalized spacial score (nSPS) is 10.6. The van der Waals surface area contributed by atoms with Crippen molar-refractivity contribution in [3.05, 3.63) is 52.8 Å². The smallest absolute Gasteiger partial charge is 0.0453 e. The lowest BCUT2D eigenvalue weighted by Crippen LogP contribution is -1.95. The van der Waals surface area contributed by atoms with Crippen molar-refractivity contribution in [2.45, 2.75) is 20.3 Å². The fraction of sp³-hybridized carbons (Fsp3) is 0.231. The van der Waals surface area contributed by atoms with Crippen LogP contribution in [0.25, 0.3) is 5.69 Å². The van der Waals surface area contributed by atoms with Gasteiger partial charge in [0, 0.05) is 22.6 Å². The molecule has 1 nitrogen and oxygen atoms in total. The fourth-order valence-corrected chi connectivity index (χ4v) is 1.93. The van der Waals surface area contributed by atoms with Gasteiger partial charge in [0.15, 0.2) is 0 Å². The van der Waals surface area contributed by atoms with Gasteiger partial charge in [-0.15, -0.1) is 0 Å². The predicted octanol–water partition coefficient (Wildman–Crippen LogP) is 4.00. The van der Waals surface area contributed by atoms with Crippen molar-refractivity contribution in [3.8, 4) is 5.69 Å². The molecular weight excluding hydrogens is 206 g/mol. The van der Waals surface area contributed by atoms with E-state index in [0.717, 1.165) is 17.1 Å². The summed E-state index contributed by atoms with van der Waals surface area (Å²) in [4.78, 5) is 0. The number of hydrogen-bond donors (Lipinski definition) is 0. The second-order valence-corrected chi connectivity index (χ2v) is 4.06. The van der Waals surface area contributed by atoms with Gasteiger partial charge in [0.1, 0.15) is 0 Å². The Bertz CT molecular complexity index is 454. The van der Waals surface area contributed by atoms with Crippen LogP contribution in [0.1, 0.15) is 18.2 Å². The van der Waals surface area contributed by atoms with E-state index in [4.69, 9.17) is 11.6 Å². The highest BCUT2D eigenvalue weighted by atomic mass is 35.5. The van der Waals surface area contributed by atoms with Crippen LogP contribution in [0.15, 0.2) is 36.5 Å². The van der Waals surface area contributed by atoms with E-state index in [2.05, 4.69) is 30.7 Å². The maximum Gasteiger partial charge on any atom is 0.0453 e. The Morgan fingerprint density at radius 2 is 1.80 bits per heavy atom. The molecule has 0 radical (unpaired) electrons. The molecule has 78 valence electrons. The molecule has 0 saturated heterocycles. The summed E-state index contributed by atoms with van der Waals surface area (Å²) >= 11 is 5.86. The highest BCUT2D eigenvalue weighted by Gasteiger charge is 2.03. The number of aryl methyl sites for hydroxylation is 1. The first-order valence-corrected chi connectivity index (χ1v) is 5.53. The number of hydrogen-bond acceptors (Lipinski definition) is 0. The van der Waals surface area contributed by atoms with E-state index in [1.807, 2.05) is 24.3 Å². The van der Waals surface area contributed by atoms with Gasteiger partial charge >= 0.3 is 0 Å². The van der Waals surface area contributed by atoms with E-state index >= 15 is 0 Å². The van der Waals surface area contributed by atoms with Crippen molar-refractivity contribution in [2.24, 2.45) is 0 Å². The molecular formula is C13H14ClN. The average molecular weight is 220 g/mol. The standard InChI is InChI=1S/C13H14ClN/c1-3-11-8-9-15(10(11)2)13-6-4-12(14)5-7-13/h4-9H,3H2,1-2H3. The fourth-order valence-electron chi connectivity index (χ4n) is 1.81. The van der Waals surface area contributed by atoms with Crippen LogP contribution in [0, 0.1) is 6.92 Å². The number of rotatable bonds is 2. The molecule has 0 amide bonds. The Morgan fingerprint density at radius 1 is 1.13 bits per heavy atom. The first-order chi connectivity index (χ1) is 7.22. The zero-order valence-electron chi connectivity index (χ0n) is 9.00. The highest BCUT2D eigenvalue weighted by Crippen LogP contribution is 2.18. The number of benzene rings is 1. The van der Waals surface area contributed by atoms with Gasteiger partial charge in [-0.25, -0.2) is 0 Å². The lowest BCUT2D eigenvalue weighted by atomic mass is 10.2. The molecule has 0 spiro atoms. The summed E-state index contributed by atoms with van der Waals surface area (Å²) in [5.74, 6) is 0. The first-order valence-electron chi connectivity index (χ1n) is 5.15. The van der Waals surface area contributed by atoms with Crippen LogP contribution in [0.2, 0.25) is 5.02 Å². The second kappa shape index (κ2) is 4.11. The quantitative estimate of drug-likeness (QED) is 0.720. The van der Waals surface area contributed by atoms with Crippen LogP contribution in [0.4, 0.5) is 0 Å². The van der Waals surface area contributed by atoms with Gasteiger partial charge in [-0.05, 0) is 49.2 Å². The van der Waals surface area contributed by atoms with Gasteiger partial charge in [-0.1, -0.05) is 18.5 Å². The van der Waals surface area contributed by atoms with Crippen LogP contribution in [0.3, 0.4) is 0 Å². The molecule has 0 bridgehead atoms. The van der Waals surface area contributed by atoms with Crippen LogP contribution in [0.5, 0.6) is 0 Å². The zero-order chi connectivity index (χ0) is 10.8. The van der Waals surface area contributed by atoms with Crippen molar-refractivity contribution >= 4 is 11.6 Å². The van der Waals surface area contributed by atoms with E-state index in [0.29, 0.717) is 0 Å². The largest absolute Gasteiger partial charge is 0.321 e. The molecule has 1 heterocycles. The molecule has 0 fully saturated rings. The van der Waals surface area contributed by atoms with Crippen LogP contribution in [-0.2, 0) is 6.42 Å². The van der Waals surface area contributed by atoms with Crippen molar-refractivity contribution in [1.82, 2.24) is 4.57 Å². The molecule has 2 heteroatoms. The monoisotopic (exact) mass is 219 g/mol. The summed E-state index contributed by atoms with van der Waals surface area (Å²) in [6.45, 7) is 4.32. The van der Waals surface area contributed by atoms with Crippen molar-refractivity contribution in [2.75, 3.05) is 0 Å². The third-order valence-electron chi connectivity index (χ3n) is 2.74. The molecule has 0 unspecified atom stereocenters.